The number of pyridine rings is 1. The number of aromatic nitrogens is 1. The maximum Gasteiger partial charge on any atom is 0.315 e. The monoisotopic (exact) mass is 285 g/mol. The van der Waals surface area contributed by atoms with Crippen molar-refractivity contribution in [3.63, 3.8) is 0 Å². The number of carbonyl (C=O) groups excluding carboxylic acids is 1. The van der Waals surface area contributed by atoms with Crippen LogP contribution in [0.15, 0.2) is 23.4 Å². The van der Waals surface area contributed by atoms with Crippen molar-refractivity contribution in [1.82, 2.24) is 15.6 Å². The molecule has 1 rings (SSSR count). The Balaban J connectivity index is 2.44. The van der Waals surface area contributed by atoms with Gasteiger partial charge in [-0.2, -0.15) is 0 Å². The van der Waals surface area contributed by atoms with Crippen LogP contribution < -0.4 is 10.6 Å². The molecule has 0 radical (unpaired) electrons. The van der Waals surface area contributed by atoms with E-state index in [-0.39, 0.29) is 11.1 Å². The van der Waals surface area contributed by atoms with Crippen LogP contribution in [0.25, 0.3) is 0 Å². The van der Waals surface area contributed by atoms with Crippen molar-refractivity contribution < 1.29 is 13.2 Å². The van der Waals surface area contributed by atoms with Crippen LogP contribution in [0.3, 0.4) is 0 Å². The maximum absolute atomic E-state index is 11.4. The highest BCUT2D eigenvalue weighted by molar-refractivity contribution is 7.90. The molecule has 2 N–H and O–H groups in total. The van der Waals surface area contributed by atoms with Gasteiger partial charge in [-0.1, -0.05) is 19.4 Å². The van der Waals surface area contributed by atoms with E-state index in [9.17, 15) is 13.2 Å². The molecule has 0 atom stereocenters. The van der Waals surface area contributed by atoms with Gasteiger partial charge < -0.3 is 10.6 Å². The molecular weight excluding hydrogens is 266 g/mol. The molecule has 0 aliphatic carbocycles. The minimum absolute atomic E-state index is 0.0312. The summed E-state index contributed by atoms with van der Waals surface area (Å²) in [4.78, 5) is 15.2. The predicted octanol–water partition coefficient (Wildman–Crippen LogP) is 1.08. The number of nitrogens with one attached hydrogen (secondary N) is 2. The van der Waals surface area contributed by atoms with Gasteiger partial charge in [-0.3, -0.25) is 0 Å². The van der Waals surface area contributed by atoms with Crippen molar-refractivity contribution in [2.45, 2.75) is 31.3 Å². The van der Waals surface area contributed by atoms with E-state index < -0.39 is 9.84 Å². The minimum Gasteiger partial charge on any atom is -0.338 e. The van der Waals surface area contributed by atoms with Gasteiger partial charge in [0.15, 0.2) is 14.9 Å². The molecule has 0 saturated carbocycles. The molecule has 6 nitrogen and oxygen atoms in total. The van der Waals surface area contributed by atoms with Crippen molar-refractivity contribution in [3.05, 3.63) is 23.9 Å². The Morgan fingerprint density at radius 3 is 2.58 bits per heavy atom. The lowest BCUT2D eigenvalue weighted by Crippen LogP contribution is -2.35. The Labute approximate surface area is 113 Å². The highest BCUT2D eigenvalue weighted by atomic mass is 32.2. The molecule has 0 bridgehead atoms. The van der Waals surface area contributed by atoms with Gasteiger partial charge in [0.05, 0.1) is 0 Å². The van der Waals surface area contributed by atoms with E-state index in [1.165, 1.54) is 12.3 Å². The smallest absolute Gasteiger partial charge is 0.315 e. The number of hydrogen-bond donors (Lipinski definition) is 2. The third-order valence-corrected chi connectivity index (χ3v) is 3.45. The Bertz CT molecular complexity index is 512. The van der Waals surface area contributed by atoms with Crippen LogP contribution >= 0.6 is 0 Å². The van der Waals surface area contributed by atoms with Gasteiger partial charge in [0, 0.05) is 25.5 Å². The van der Waals surface area contributed by atoms with E-state index >= 15 is 0 Å². The SMILES string of the molecule is CCCCNC(=O)NCc1ccc(S(C)(=O)=O)nc1. The van der Waals surface area contributed by atoms with E-state index in [1.807, 2.05) is 0 Å². The molecule has 1 aromatic heterocycles. The molecule has 0 aliphatic rings. The van der Waals surface area contributed by atoms with Gasteiger partial charge in [-0.25, -0.2) is 18.2 Å². The fourth-order valence-electron chi connectivity index (χ4n) is 1.36. The van der Waals surface area contributed by atoms with Gasteiger partial charge in [0.2, 0.25) is 0 Å². The average molecular weight is 285 g/mol. The zero-order valence-electron chi connectivity index (χ0n) is 11.1. The molecule has 2 amide bonds. The summed E-state index contributed by atoms with van der Waals surface area (Å²) >= 11 is 0. The number of carbonyl (C=O) groups is 1. The average Bonchev–Trinajstić information content (AvgIpc) is 2.36. The number of amides is 2. The Morgan fingerprint density at radius 2 is 2.05 bits per heavy atom. The molecule has 106 valence electrons. The molecular formula is C12H19N3O3S. The second-order valence-electron chi connectivity index (χ2n) is 4.24. The number of urea groups is 1. The largest absolute Gasteiger partial charge is 0.338 e. The highest BCUT2D eigenvalue weighted by Crippen LogP contribution is 2.05. The first kappa shape index (κ1) is 15.4. The van der Waals surface area contributed by atoms with E-state index in [0.29, 0.717) is 13.1 Å². The van der Waals surface area contributed by atoms with Crippen LogP contribution in [0.2, 0.25) is 0 Å². The van der Waals surface area contributed by atoms with Gasteiger partial charge in [-0.05, 0) is 18.1 Å². The van der Waals surface area contributed by atoms with Gasteiger partial charge in [0.1, 0.15) is 0 Å². The second-order valence-corrected chi connectivity index (χ2v) is 6.20. The van der Waals surface area contributed by atoms with E-state index in [1.54, 1.807) is 6.07 Å². The molecule has 0 aromatic carbocycles. The first-order valence-corrected chi connectivity index (χ1v) is 7.99. The first-order valence-electron chi connectivity index (χ1n) is 6.10. The Morgan fingerprint density at radius 1 is 1.32 bits per heavy atom. The van der Waals surface area contributed by atoms with E-state index in [2.05, 4.69) is 22.5 Å². The van der Waals surface area contributed by atoms with Gasteiger partial charge in [0.25, 0.3) is 0 Å². The van der Waals surface area contributed by atoms with Crippen molar-refractivity contribution in [3.8, 4) is 0 Å². The fraction of sp³-hybridized carbons (Fsp3) is 0.500. The summed E-state index contributed by atoms with van der Waals surface area (Å²) in [6, 6.07) is 2.83. The quantitative estimate of drug-likeness (QED) is 0.766. The molecule has 0 aliphatic heterocycles. The zero-order chi connectivity index (χ0) is 14.3. The Hall–Kier alpha value is -1.63. The molecule has 0 spiro atoms. The first-order chi connectivity index (χ1) is 8.93. The zero-order valence-corrected chi connectivity index (χ0v) is 12.0. The van der Waals surface area contributed by atoms with Gasteiger partial charge >= 0.3 is 6.03 Å². The summed E-state index contributed by atoms with van der Waals surface area (Å²) in [5.74, 6) is 0. The third-order valence-electron chi connectivity index (χ3n) is 2.45. The minimum atomic E-state index is -3.28. The lowest BCUT2D eigenvalue weighted by molar-refractivity contribution is 0.240. The van der Waals surface area contributed by atoms with Crippen LogP contribution in [-0.2, 0) is 16.4 Å². The number of unbranched alkanes of at least 4 members (excludes halogenated alkanes) is 1. The van der Waals surface area contributed by atoms with Crippen molar-refractivity contribution in [2.75, 3.05) is 12.8 Å². The lowest BCUT2D eigenvalue weighted by Gasteiger charge is -2.07. The van der Waals surface area contributed by atoms with Crippen molar-refractivity contribution in [1.29, 1.82) is 0 Å². The summed E-state index contributed by atoms with van der Waals surface area (Å²) in [7, 11) is -3.28. The van der Waals surface area contributed by atoms with Crippen molar-refractivity contribution >= 4 is 15.9 Å². The third kappa shape index (κ3) is 5.69. The van der Waals surface area contributed by atoms with Crippen LogP contribution in [0.1, 0.15) is 25.3 Å². The summed E-state index contributed by atoms with van der Waals surface area (Å²) in [6.45, 7) is 3.01. The molecule has 0 fully saturated rings. The molecule has 0 saturated heterocycles. The molecule has 0 unspecified atom stereocenters. The van der Waals surface area contributed by atoms with Gasteiger partial charge in [-0.15, -0.1) is 0 Å². The maximum atomic E-state index is 11.4. The van der Waals surface area contributed by atoms with Crippen molar-refractivity contribution in [2.24, 2.45) is 0 Å². The topological polar surface area (TPSA) is 88.2 Å². The number of rotatable bonds is 6. The molecule has 19 heavy (non-hydrogen) atoms. The highest BCUT2D eigenvalue weighted by Gasteiger charge is 2.08. The summed E-state index contributed by atoms with van der Waals surface area (Å²) < 4.78 is 22.4. The van der Waals surface area contributed by atoms with Crippen LogP contribution in [0.5, 0.6) is 0 Å². The normalized spacial score (nSPS) is 11.1. The number of nitrogens with zero attached hydrogens (tertiary/aromatic N) is 1. The molecule has 1 heterocycles. The van der Waals surface area contributed by atoms with Crippen LogP contribution in [0.4, 0.5) is 4.79 Å². The van der Waals surface area contributed by atoms with Crippen LogP contribution in [-0.4, -0.2) is 32.2 Å². The van der Waals surface area contributed by atoms with Crippen LogP contribution in [0, 0.1) is 0 Å². The number of hydrogen-bond acceptors (Lipinski definition) is 4. The number of sulfone groups is 1. The molecule has 1 aromatic rings. The standard InChI is InChI=1S/C12H19N3O3S/c1-3-4-7-13-12(16)15-9-10-5-6-11(14-8-10)19(2,17)18/h5-6,8H,3-4,7,9H2,1-2H3,(H2,13,15,16). The summed E-state index contributed by atoms with van der Waals surface area (Å²) in [6.07, 6.45) is 4.52. The predicted molar refractivity (Wildman–Crippen MR) is 72.5 cm³/mol. The van der Waals surface area contributed by atoms with E-state index in [0.717, 1.165) is 24.7 Å². The second kappa shape index (κ2) is 7.08. The lowest BCUT2D eigenvalue weighted by atomic mass is 10.3. The summed E-state index contributed by atoms with van der Waals surface area (Å²) in [5.41, 5.74) is 0.748. The van der Waals surface area contributed by atoms with E-state index in [4.69, 9.17) is 0 Å². The fourth-order valence-corrected chi connectivity index (χ4v) is 1.92. The summed E-state index contributed by atoms with van der Waals surface area (Å²) in [5, 5.41) is 5.43. The molecule has 7 heteroatoms. The Kier molecular flexibility index (Phi) is 5.75.